The molecule has 0 unspecified atom stereocenters. The lowest BCUT2D eigenvalue weighted by atomic mass is 10.0. The number of para-hydroxylation sites is 1. The third-order valence-corrected chi connectivity index (χ3v) is 4.80. The van der Waals surface area contributed by atoms with Crippen LogP contribution in [0.15, 0.2) is 18.2 Å². The lowest BCUT2D eigenvalue weighted by Crippen LogP contribution is -2.27. The van der Waals surface area contributed by atoms with Crippen LogP contribution in [0.5, 0.6) is 0 Å². The lowest BCUT2D eigenvalue weighted by molar-refractivity contribution is 0.0635. The Balaban J connectivity index is 2.17. The molecule has 2 N–H and O–H groups in total. The van der Waals surface area contributed by atoms with E-state index < -0.39 is 11.7 Å². The van der Waals surface area contributed by atoms with Crippen molar-refractivity contribution in [1.29, 1.82) is 0 Å². The Kier molecular flexibility index (Phi) is 6.59. The maximum atomic E-state index is 12.8. The maximum Gasteiger partial charge on any atom is 0.413 e. The molecule has 0 aliphatic heterocycles. The summed E-state index contributed by atoms with van der Waals surface area (Å²) in [6.07, 6.45) is 1.30. The molecule has 2 rings (SSSR count). The number of aromatic nitrogens is 1. The fraction of sp³-hybridized carbons (Fsp3) is 0.450. The molecule has 0 aliphatic rings. The first-order valence-corrected chi connectivity index (χ1v) is 9.79. The van der Waals surface area contributed by atoms with E-state index in [0.29, 0.717) is 15.7 Å². The monoisotopic (exact) mass is 389 g/mol. The quantitative estimate of drug-likeness (QED) is 0.726. The second-order valence-electron chi connectivity index (χ2n) is 7.37. The molecule has 0 saturated heterocycles. The van der Waals surface area contributed by atoms with Crippen molar-refractivity contribution in [2.45, 2.75) is 60.0 Å². The van der Waals surface area contributed by atoms with Crippen molar-refractivity contribution in [3.05, 3.63) is 39.9 Å². The van der Waals surface area contributed by atoms with Crippen molar-refractivity contribution < 1.29 is 14.3 Å². The summed E-state index contributed by atoms with van der Waals surface area (Å²) in [4.78, 5) is 29.4. The molecule has 6 nitrogen and oxygen atoms in total. The highest BCUT2D eigenvalue weighted by atomic mass is 32.1. The maximum absolute atomic E-state index is 12.8. The average Bonchev–Trinajstić information content (AvgIpc) is 2.89. The number of aryl methyl sites for hydroxylation is 3. The third-order valence-electron chi connectivity index (χ3n) is 3.73. The second kappa shape index (κ2) is 8.52. The first-order valence-electron chi connectivity index (χ1n) is 8.98. The summed E-state index contributed by atoms with van der Waals surface area (Å²) in [5.41, 5.74) is 2.94. The minimum atomic E-state index is -0.600. The number of carbonyl (C=O) groups is 2. The summed E-state index contributed by atoms with van der Waals surface area (Å²) < 4.78 is 5.22. The summed E-state index contributed by atoms with van der Waals surface area (Å²) in [7, 11) is 0. The van der Waals surface area contributed by atoms with Gasteiger partial charge in [-0.05, 0) is 52.2 Å². The lowest BCUT2D eigenvalue weighted by Gasteiger charge is -2.18. The van der Waals surface area contributed by atoms with E-state index in [2.05, 4.69) is 22.5 Å². The third kappa shape index (κ3) is 5.79. The SMILES string of the molecule is CCCc1cccc(C)c1NC(=O)c1sc(NC(=O)OC(C)(C)C)nc1C. The number of benzene rings is 1. The van der Waals surface area contributed by atoms with Gasteiger partial charge in [0.2, 0.25) is 0 Å². The minimum Gasteiger partial charge on any atom is -0.444 e. The largest absolute Gasteiger partial charge is 0.444 e. The van der Waals surface area contributed by atoms with E-state index in [1.54, 1.807) is 27.7 Å². The molecule has 1 heterocycles. The van der Waals surface area contributed by atoms with Gasteiger partial charge in [0, 0.05) is 5.69 Å². The Morgan fingerprint density at radius 1 is 1.19 bits per heavy atom. The number of nitrogens with zero attached hydrogens (tertiary/aromatic N) is 1. The number of carbonyl (C=O) groups excluding carboxylic acids is 2. The van der Waals surface area contributed by atoms with Crippen LogP contribution in [0.2, 0.25) is 0 Å². The van der Waals surface area contributed by atoms with E-state index in [-0.39, 0.29) is 5.91 Å². The van der Waals surface area contributed by atoms with Gasteiger partial charge in [-0.25, -0.2) is 9.78 Å². The smallest absolute Gasteiger partial charge is 0.413 e. The number of rotatable bonds is 5. The van der Waals surface area contributed by atoms with Gasteiger partial charge >= 0.3 is 6.09 Å². The molecule has 0 atom stereocenters. The molecule has 27 heavy (non-hydrogen) atoms. The van der Waals surface area contributed by atoms with Crippen molar-refractivity contribution in [3.63, 3.8) is 0 Å². The van der Waals surface area contributed by atoms with Gasteiger partial charge in [-0.2, -0.15) is 0 Å². The van der Waals surface area contributed by atoms with E-state index in [9.17, 15) is 9.59 Å². The van der Waals surface area contributed by atoms with Crippen LogP contribution in [0.4, 0.5) is 15.6 Å². The molecule has 0 radical (unpaired) electrons. The van der Waals surface area contributed by atoms with Crippen LogP contribution in [-0.4, -0.2) is 22.6 Å². The number of thiazole rings is 1. The van der Waals surface area contributed by atoms with Gasteiger partial charge in [0.15, 0.2) is 5.13 Å². The number of nitrogens with one attached hydrogen (secondary N) is 2. The molecule has 0 fully saturated rings. The van der Waals surface area contributed by atoms with Gasteiger partial charge in [0.25, 0.3) is 5.91 Å². The van der Waals surface area contributed by atoms with E-state index >= 15 is 0 Å². The Labute approximate surface area is 164 Å². The number of ether oxygens (including phenoxy) is 1. The van der Waals surface area contributed by atoms with Gasteiger partial charge in [-0.15, -0.1) is 0 Å². The summed E-state index contributed by atoms with van der Waals surface area (Å²) in [6.45, 7) is 11.2. The standard InChI is InChI=1S/C20H27N3O3S/c1-7-9-14-11-8-10-12(2)15(14)22-17(24)16-13(3)21-18(27-16)23-19(25)26-20(4,5)6/h8,10-11H,7,9H2,1-6H3,(H,22,24)(H,21,23,25). The van der Waals surface area contributed by atoms with E-state index in [0.717, 1.165) is 41.0 Å². The zero-order chi connectivity index (χ0) is 20.2. The molecule has 0 spiro atoms. The van der Waals surface area contributed by atoms with Crippen molar-refractivity contribution >= 4 is 34.2 Å². The van der Waals surface area contributed by atoms with Crippen molar-refractivity contribution in [1.82, 2.24) is 4.98 Å². The Hall–Kier alpha value is -2.41. The van der Waals surface area contributed by atoms with Gasteiger partial charge in [-0.1, -0.05) is 42.9 Å². The number of hydrogen-bond donors (Lipinski definition) is 2. The summed E-state index contributed by atoms with van der Waals surface area (Å²) in [5.74, 6) is -0.228. The predicted molar refractivity (Wildman–Crippen MR) is 110 cm³/mol. The topological polar surface area (TPSA) is 80.3 Å². The fourth-order valence-electron chi connectivity index (χ4n) is 2.61. The molecular weight excluding hydrogens is 362 g/mol. The molecule has 146 valence electrons. The first kappa shape index (κ1) is 20.9. The normalized spacial score (nSPS) is 11.2. The summed E-state index contributed by atoms with van der Waals surface area (Å²) >= 11 is 1.13. The van der Waals surface area contributed by atoms with Crippen molar-refractivity contribution in [2.75, 3.05) is 10.6 Å². The average molecular weight is 390 g/mol. The zero-order valence-electron chi connectivity index (χ0n) is 16.7. The van der Waals surface area contributed by atoms with Crippen LogP contribution in [0.3, 0.4) is 0 Å². The predicted octanol–water partition coefficient (Wildman–Crippen LogP) is 5.31. The van der Waals surface area contributed by atoms with Crippen LogP contribution >= 0.6 is 11.3 Å². The molecule has 0 aliphatic carbocycles. The number of amides is 2. The molecule has 2 amide bonds. The van der Waals surface area contributed by atoms with Crippen molar-refractivity contribution in [2.24, 2.45) is 0 Å². The number of hydrogen-bond acceptors (Lipinski definition) is 5. The van der Waals surface area contributed by atoms with Crippen LogP contribution in [-0.2, 0) is 11.2 Å². The van der Waals surface area contributed by atoms with Gasteiger partial charge < -0.3 is 10.1 Å². The highest BCUT2D eigenvalue weighted by Gasteiger charge is 2.21. The second-order valence-corrected chi connectivity index (χ2v) is 8.37. The van der Waals surface area contributed by atoms with Crippen molar-refractivity contribution in [3.8, 4) is 0 Å². The number of anilines is 2. The molecule has 7 heteroatoms. The molecule has 2 aromatic rings. The Morgan fingerprint density at radius 2 is 1.89 bits per heavy atom. The first-order chi connectivity index (χ1) is 12.6. The van der Waals surface area contributed by atoms with E-state index in [4.69, 9.17) is 4.74 Å². The van der Waals surface area contributed by atoms with E-state index in [1.165, 1.54) is 0 Å². The van der Waals surface area contributed by atoms with E-state index in [1.807, 2.05) is 25.1 Å². The highest BCUT2D eigenvalue weighted by molar-refractivity contribution is 7.17. The van der Waals surface area contributed by atoms with Crippen LogP contribution in [0.25, 0.3) is 0 Å². The fourth-order valence-corrected chi connectivity index (χ4v) is 3.45. The van der Waals surface area contributed by atoms with Crippen LogP contribution < -0.4 is 10.6 Å². The van der Waals surface area contributed by atoms with Crippen LogP contribution in [0, 0.1) is 13.8 Å². The molecule has 0 saturated carbocycles. The van der Waals surface area contributed by atoms with Crippen LogP contribution in [0.1, 0.15) is 60.6 Å². The molecule has 0 bridgehead atoms. The minimum absolute atomic E-state index is 0.228. The zero-order valence-corrected chi connectivity index (χ0v) is 17.5. The Morgan fingerprint density at radius 3 is 2.52 bits per heavy atom. The van der Waals surface area contributed by atoms with Gasteiger partial charge in [0.05, 0.1) is 5.69 Å². The van der Waals surface area contributed by atoms with Gasteiger partial charge in [0.1, 0.15) is 10.5 Å². The summed E-state index contributed by atoms with van der Waals surface area (Å²) in [6, 6.07) is 6.00. The molecular formula is C20H27N3O3S. The highest BCUT2D eigenvalue weighted by Crippen LogP contribution is 2.27. The molecule has 1 aromatic heterocycles. The Bertz CT molecular complexity index is 837. The molecule has 1 aromatic carbocycles. The van der Waals surface area contributed by atoms with Gasteiger partial charge in [-0.3, -0.25) is 10.1 Å². The summed E-state index contributed by atoms with van der Waals surface area (Å²) in [5, 5.41) is 5.94.